The summed E-state index contributed by atoms with van der Waals surface area (Å²) in [6.45, 7) is 0.0195. The van der Waals surface area contributed by atoms with Gasteiger partial charge in [-0.25, -0.2) is 4.79 Å². The van der Waals surface area contributed by atoms with Gasteiger partial charge in [-0.1, -0.05) is 24.3 Å². The number of fused-ring (bicyclic) bond motifs is 1. The Kier molecular flexibility index (Phi) is 4.11. The third kappa shape index (κ3) is 3.03. The van der Waals surface area contributed by atoms with Crippen LogP contribution in [0.4, 0.5) is 5.69 Å². The highest BCUT2D eigenvalue weighted by Crippen LogP contribution is 2.20. The van der Waals surface area contributed by atoms with Crippen LogP contribution in [0, 0.1) is 0 Å². The summed E-state index contributed by atoms with van der Waals surface area (Å²) in [7, 11) is 0. The number of anilines is 1. The molecule has 0 radical (unpaired) electrons. The molecule has 24 heavy (non-hydrogen) atoms. The number of hydrogen-bond donors (Lipinski definition) is 2. The summed E-state index contributed by atoms with van der Waals surface area (Å²) in [6, 6.07) is 13.4. The molecule has 3 aromatic rings. The van der Waals surface area contributed by atoms with E-state index < -0.39 is 5.97 Å². The Morgan fingerprint density at radius 2 is 1.92 bits per heavy atom. The molecule has 3 rings (SSSR count). The monoisotopic (exact) mass is 322 g/mol. The molecule has 0 aliphatic heterocycles. The van der Waals surface area contributed by atoms with Crippen molar-refractivity contribution in [2.75, 3.05) is 5.32 Å². The third-order valence-corrected chi connectivity index (χ3v) is 3.65. The van der Waals surface area contributed by atoms with Crippen LogP contribution in [0.3, 0.4) is 0 Å². The molecule has 2 aromatic carbocycles. The van der Waals surface area contributed by atoms with E-state index in [0.29, 0.717) is 11.3 Å². The number of carboxylic acid groups (broad SMARTS) is 1. The quantitative estimate of drug-likeness (QED) is 0.707. The Morgan fingerprint density at radius 1 is 1.12 bits per heavy atom. The van der Waals surface area contributed by atoms with Crippen LogP contribution >= 0.6 is 0 Å². The molecule has 1 heterocycles. The SMILES string of the molecule is O=Cc1cn(CC(=O)Nc2cccc(C(=O)O)c2)c2ccccc12. The molecule has 0 bridgehead atoms. The second-order valence-corrected chi connectivity index (χ2v) is 5.28. The number of benzene rings is 2. The van der Waals surface area contributed by atoms with E-state index >= 15 is 0 Å². The molecule has 0 aliphatic carbocycles. The first-order valence-corrected chi connectivity index (χ1v) is 7.25. The predicted molar refractivity (Wildman–Crippen MR) is 89.4 cm³/mol. The highest BCUT2D eigenvalue weighted by atomic mass is 16.4. The molecule has 1 amide bonds. The van der Waals surface area contributed by atoms with E-state index in [1.54, 1.807) is 22.9 Å². The maximum Gasteiger partial charge on any atom is 0.335 e. The standard InChI is InChI=1S/C18H14N2O4/c21-11-13-9-20(16-7-2-1-6-15(13)16)10-17(22)19-14-5-3-4-12(8-14)18(23)24/h1-9,11H,10H2,(H,19,22)(H,23,24). The Bertz CT molecular complexity index is 943. The van der Waals surface area contributed by atoms with Gasteiger partial charge in [-0.15, -0.1) is 0 Å². The van der Waals surface area contributed by atoms with Crippen LogP contribution in [0.15, 0.2) is 54.7 Å². The van der Waals surface area contributed by atoms with Crippen molar-refractivity contribution in [1.82, 2.24) is 4.57 Å². The lowest BCUT2D eigenvalue weighted by atomic mass is 10.2. The molecular formula is C18H14N2O4. The van der Waals surface area contributed by atoms with Gasteiger partial charge in [0.2, 0.25) is 5.91 Å². The van der Waals surface area contributed by atoms with Gasteiger partial charge >= 0.3 is 5.97 Å². The zero-order chi connectivity index (χ0) is 17.1. The van der Waals surface area contributed by atoms with Crippen molar-refractivity contribution in [3.8, 4) is 0 Å². The van der Waals surface area contributed by atoms with Crippen molar-refractivity contribution in [1.29, 1.82) is 0 Å². The molecule has 6 heteroatoms. The molecule has 0 spiro atoms. The van der Waals surface area contributed by atoms with Crippen LogP contribution < -0.4 is 5.32 Å². The number of rotatable bonds is 5. The topological polar surface area (TPSA) is 88.4 Å². The average Bonchev–Trinajstić information content (AvgIpc) is 2.93. The smallest absolute Gasteiger partial charge is 0.335 e. The van der Waals surface area contributed by atoms with Crippen molar-refractivity contribution >= 4 is 34.8 Å². The molecule has 0 atom stereocenters. The van der Waals surface area contributed by atoms with Gasteiger partial charge in [-0.2, -0.15) is 0 Å². The summed E-state index contributed by atoms with van der Waals surface area (Å²) >= 11 is 0. The largest absolute Gasteiger partial charge is 0.478 e. The molecular weight excluding hydrogens is 308 g/mol. The van der Waals surface area contributed by atoms with E-state index in [1.165, 1.54) is 12.1 Å². The third-order valence-electron chi connectivity index (χ3n) is 3.65. The molecule has 0 saturated carbocycles. The highest BCUT2D eigenvalue weighted by Gasteiger charge is 2.11. The lowest BCUT2D eigenvalue weighted by molar-refractivity contribution is -0.116. The van der Waals surface area contributed by atoms with E-state index in [4.69, 9.17) is 5.11 Å². The second-order valence-electron chi connectivity index (χ2n) is 5.28. The van der Waals surface area contributed by atoms with Gasteiger partial charge in [-0.05, 0) is 24.3 Å². The van der Waals surface area contributed by atoms with Gasteiger partial charge in [0.1, 0.15) is 6.54 Å². The zero-order valence-electron chi connectivity index (χ0n) is 12.6. The van der Waals surface area contributed by atoms with Crippen LogP contribution in [0.2, 0.25) is 0 Å². The number of amides is 1. The number of aromatic nitrogens is 1. The number of aromatic carboxylic acids is 1. The molecule has 2 N–H and O–H groups in total. The number of nitrogens with zero attached hydrogens (tertiary/aromatic N) is 1. The molecule has 0 aliphatic rings. The van der Waals surface area contributed by atoms with Crippen LogP contribution in [0.25, 0.3) is 10.9 Å². The number of hydrogen-bond acceptors (Lipinski definition) is 3. The van der Waals surface area contributed by atoms with Gasteiger partial charge in [0, 0.05) is 28.4 Å². The van der Waals surface area contributed by atoms with Crippen molar-refractivity contribution in [3.05, 3.63) is 65.9 Å². The average molecular weight is 322 g/mol. The first-order chi connectivity index (χ1) is 11.6. The fourth-order valence-electron chi connectivity index (χ4n) is 2.59. The molecule has 1 aromatic heterocycles. The number of para-hydroxylation sites is 1. The molecule has 120 valence electrons. The Hall–Kier alpha value is -3.41. The Labute approximate surface area is 137 Å². The number of carboxylic acids is 1. The fourth-order valence-corrected chi connectivity index (χ4v) is 2.59. The zero-order valence-corrected chi connectivity index (χ0v) is 12.6. The Morgan fingerprint density at radius 3 is 2.67 bits per heavy atom. The molecule has 6 nitrogen and oxygen atoms in total. The van der Waals surface area contributed by atoms with E-state index in [-0.39, 0.29) is 18.0 Å². The Balaban J connectivity index is 1.82. The maximum absolute atomic E-state index is 12.2. The summed E-state index contributed by atoms with van der Waals surface area (Å²) in [5, 5.41) is 12.4. The summed E-state index contributed by atoms with van der Waals surface area (Å²) in [4.78, 5) is 34.3. The summed E-state index contributed by atoms with van der Waals surface area (Å²) in [5.41, 5.74) is 1.81. The van der Waals surface area contributed by atoms with E-state index in [9.17, 15) is 14.4 Å². The van der Waals surface area contributed by atoms with E-state index in [0.717, 1.165) is 17.2 Å². The summed E-state index contributed by atoms with van der Waals surface area (Å²) in [5.74, 6) is -1.37. The van der Waals surface area contributed by atoms with Gasteiger partial charge in [-0.3, -0.25) is 9.59 Å². The van der Waals surface area contributed by atoms with Crippen molar-refractivity contribution in [2.24, 2.45) is 0 Å². The fraction of sp³-hybridized carbons (Fsp3) is 0.0556. The minimum absolute atomic E-state index is 0.0195. The highest BCUT2D eigenvalue weighted by molar-refractivity contribution is 5.99. The van der Waals surface area contributed by atoms with Gasteiger partial charge in [0.15, 0.2) is 6.29 Å². The minimum atomic E-state index is -1.06. The summed E-state index contributed by atoms with van der Waals surface area (Å²) in [6.07, 6.45) is 2.39. The van der Waals surface area contributed by atoms with Gasteiger partial charge < -0.3 is 15.0 Å². The van der Waals surface area contributed by atoms with Crippen molar-refractivity contribution < 1.29 is 19.5 Å². The number of carbonyl (C=O) groups excluding carboxylic acids is 2. The van der Waals surface area contributed by atoms with Crippen molar-refractivity contribution in [2.45, 2.75) is 6.54 Å². The van der Waals surface area contributed by atoms with Crippen LogP contribution in [-0.2, 0) is 11.3 Å². The second kappa shape index (κ2) is 6.37. The van der Waals surface area contributed by atoms with E-state index in [2.05, 4.69) is 5.32 Å². The molecule has 0 unspecified atom stereocenters. The van der Waals surface area contributed by atoms with Crippen LogP contribution in [-0.4, -0.2) is 27.8 Å². The minimum Gasteiger partial charge on any atom is -0.478 e. The number of aldehydes is 1. The summed E-state index contributed by atoms with van der Waals surface area (Å²) < 4.78 is 1.69. The van der Waals surface area contributed by atoms with Crippen LogP contribution in [0.1, 0.15) is 20.7 Å². The lowest BCUT2D eigenvalue weighted by Gasteiger charge is -2.08. The molecule has 0 saturated heterocycles. The van der Waals surface area contributed by atoms with Gasteiger partial charge in [0.25, 0.3) is 0 Å². The molecule has 0 fully saturated rings. The van der Waals surface area contributed by atoms with E-state index in [1.807, 2.05) is 24.3 Å². The number of nitrogens with one attached hydrogen (secondary N) is 1. The lowest BCUT2D eigenvalue weighted by Crippen LogP contribution is -2.18. The predicted octanol–water partition coefficient (Wildman–Crippen LogP) is 2.79. The first-order valence-electron chi connectivity index (χ1n) is 7.25. The normalized spacial score (nSPS) is 10.5. The number of carbonyl (C=O) groups is 3. The van der Waals surface area contributed by atoms with Crippen LogP contribution in [0.5, 0.6) is 0 Å². The van der Waals surface area contributed by atoms with Crippen molar-refractivity contribution in [3.63, 3.8) is 0 Å². The van der Waals surface area contributed by atoms with Gasteiger partial charge in [0.05, 0.1) is 5.56 Å². The first kappa shape index (κ1) is 15.5. The maximum atomic E-state index is 12.2.